The molecule has 1 atom stereocenters. The Kier molecular flexibility index (Phi) is 5.35. The van der Waals surface area contributed by atoms with Crippen LogP contribution in [-0.2, 0) is 11.2 Å². The van der Waals surface area contributed by atoms with E-state index in [2.05, 4.69) is 15.3 Å². The van der Waals surface area contributed by atoms with Crippen LogP contribution in [0.25, 0.3) is 0 Å². The fourth-order valence-corrected chi connectivity index (χ4v) is 3.04. The van der Waals surface area contributed by atoms with E-state index in [1.54, 1.807) is 12.1 Å². The van der Waals surface area contributed by atoms with Gasteiger partial charge in [-0.15, -0.1) is 0 Å². The number of aryl methyl sites for hydroxylation is 1. The van der Waals surface area contributed by atoms with E-state index in [4.69, 9.17) is 0 Å². The normalized spacial score (nSPS) is 16.8. The number of anilines is 2. The van der Waals surface area contributed by atoms with Gasteiger partial charge in [-0.25, -0.2) is 9.37 Å². The average Bonchev–Trinajstić information content (AvgIpc) is 2.93. The summed E-state index contributed by atoms with van der Waals surface area (Å²) in [7, 11) is 3.80. The zero-order valence-corrected chi connectivity index (χ0v) is 15.4. The Morgan fingerprint density at radius 3 is 2.69 bits per heavy atom. The van der Waals surface area contributed by atoms with Gasteiger partial charge < -0.3 is 15.1 Å². The van der Waals surface area contributed by atoms with Crippen LogP contribution in [-0.4, -0.2) is 54.0 Å². The van der Waals surface area contributed by atoms with Crippen LogP contribution in [0.4, 0.5) is 16.2 Å². The van der Waals surface area contributed by atoms with Gasteiger partial charge in [-0.2, -0.15) is 4.98 Å². The Morgan fingerprint density at radius 1 is 1.27 bits per heavy atom. The van der Waals surface area contributed by atoms with Crippen molar-refractivity contribution in [2.45, 2.75) is 25.8 Å². The summed E-state index contributed by atoms with van der Waals surface area (Å²) < 4.78 is 13.0. The molecule has 2 aromatic rings. The average molecular weight is 357 g/mol. The third-order valence-electron chi connectivity index (χ3n) is 4.39. The highest BCUT2D eigenvalue weighted by Crippen LogP contribution is 2.18. The van der Waals surface area contributed by atoms with Crippen LogP contribution in [0.1, 0.15) is 17.7 Å². The minimum absolute atomic E-state index is 0.0278. The SMILES string of the molecule is Cc1cc(N[C@@H]2CC(=O)N(CCc3ccc(F)cc3)C2)nc(N(C)C)n1. The molecule has 6 nitrogen and oxygen atoms in total. The van der Waals surface area contributed by atoms with Crippen LogP contribution in [0.2, 0.25) is 0 Å². The molecule has 3 rings (SSSR count). The van der Waals surface area contributed by atoms with Crippen LogP contribution >= 0.6 is 0 Å². The molecule has 1 fully saturated rings. The Morgan fingerprint density at radius 2 is 2.00 bits per heavy atom. The maximum absolute atomic E-state index is 13.0. The number of nitrogens with one attached hydrogen (secondary N) is 1. The van der Waals surface area contributed by atoms with E-state index in [1.165, 1.54) is 12.1 Å². The number of carbonyl (C=O) groups is 1. The second-order valence-electron chi connectivity index (χ2n) is 6.85. The molecule has 138 valence electrons. The van der Waals surface area contributed by atoms with Crippen LogP contribution in [0.3, 0.4) is 0 Å². The Labute approximate surface area is 153 Å². The molecular weight excluding hydrogens is 333 g/mol. The highest BCUT2D eigenvalue weighted by molar-refractivity contribution is 5.80. The van der Waals surface area contributed by atoms with E-state index in [0.717, 1.165) is 23.5 Å². The van der Waals surface area contributed by atoms with Gasteiger partial charge in [0.25, 0.3) is 0 Å². The van der Waals surface area contributed by atoms with Gasteiger partial charge in [0.1, 0.15) is 11.6 Å². The predicted octanol–water partition coefficient (Wildman–Crippen LogP) is 2.25. The van der Waals surface area contributed by atoms with Gasteiger partial charge in [0, 0.05) is 45.4 Å². The fraction of sp³-hybridized carbons (Fsp3) is 0.421. The van der Waals surface area contributed by atoms with Crippen molar-refractivity contribution in [3.05, 3.63) is 47.4 Å². The molecule has 1 amide bonds. The number of hydrogen-bond acceptors (Lipinski definition) is 5. The lowest BCUT2D eigenvalue weighted by atomic mass is 10.1. The second-order valence-corrected chi connectivity index (χ2v) is 6.85. The lowest BCUT2D eigenvalue weighted by Crippen LogP contribution is -2.30. The Bertz CT molecular complexity index is 778. The molecule has 1 N–H and O–H groups in total. The first-order valence-corrected chi connectivity index (χ1v) is 8.72. The summed E-state index contributed by atoms with van der Waals surface area (Å²) >= 11 is 0. The molecule has 1 aromatic heterocycles. The van der Waals surface area contributed by atoms with Crippen molar-refractivity contribution in [1.29, 1.82) is 0 Å². The predicted molar refractivity (Wildman–Crippen MR) is 99.8 cm³/mol. The molecule has 1 saturated heterocycles. The number of likely N-dealkylation sites (tertiary alicyclic amines) is 1. The Balaban J connectivity index is 1.58. The van der Waals surface area contributed by atoms with E-state index in [0.29, 0.717) is 25.5 Å². The summed E-state index contributed by atoms with van der Waals surface area (Å²) in [5, 5.41) is 3.35. The van der Waals surface area contributed by atoms with E-state index in [-0.39, 0.29) is 17.8 Å². The van der Waals surface area contributed by atoms with Gasteiger partial charge in [0.05, 0.1) is 6.04 Å². The van der Waals surface area contributed by atoms with Gasteiger partial charge in [0.15, 0.2) is 0 Å². The maximum Gasteiger partial charge on any atom is 0.226 e. The van der Waals surface area contributed by atoms with Gasteiger partial charge in [-0.3, -0.25) is 4.79 Å². The van der Waals surface area contributed by atoms with Crippen LogP contribution in [0.15, 0.2) is 30.3 Å². The maximum atomic E-state index is 13.0. The first-order valence-electron chi connectivity index (χ1n) is 8.72. The van der Waals surface area contributed by atoms with Crippen LogP contribution < -0.4 is 10.2 Å². The van der Waals surface area contributed by atoms with E-state index in [9.17, 15) is 9.18 Å². The Hall–Kier alpha value is -2.70. The number of rotatable bonds is 6. The van der Waals surface area contributed by atoms with E-state index < -0.39 is 0 Å². The molecule has 1 aliphatic rings. The summed E-state index contributed by atoms with van der Waals surface area (Å²) in [6.07, 6.45) is 1.17. The highest BCUT2D eigenvalue weighted by atomic mass is 19.1. The van der Waals surface area contributed by atoms with Crippen molar-refractivity contribution in [2.75, 3.05) is 37.4 Å². The molecule has 0 spiro atoms. The summed E-state index contributed by atoms with van der Waals surface area (Å²) in [6.45, 7) is 3.20. The minimum Gasteiger partial charge on any atom is -0.365 e. The molecule has 0 unspecified atom stereocenters. The molecule has 1 aliphatic heterocycles. The number of halogens is 1. The minimum atomic E-state index is -0.243. The number of carbonyl (C=O) groups excluding carboxylic acids is 1. The number of hydrogen-bond donors (Lipinski definition) is 1. The van der Waals surface area contributed by atoms with E-state index >= 15 is 0 Å². The molecule has 0 saturated carbocycles. The zero-order chi connectivity index (χ0) is 18.7. The molecule has 0 bridgehead atoms. The van der Waals surface area contributed by atoms with Gasteiger partial charge in [-0.05, 0) is 31.0 Å². The van der Waals surface area contributed by atoms with Crippen molar-refractivity contribution in [3.63, 3.8) is 0 Å². The summed E-state index contributed by atoms with van der Waals surface area (Å²) in [5.74, 6) is 1.26. The smallest absolute Gasteiger partial charge is 0.226 e. The number of benzene rings is 1. The number of aromatic nitrogens is 2. The molecule has 1 aromatic carbocycles. The van der Waals surface area contributed by atoms with Crippen molar-refractivity contribution in [1.82, 2.24) is 14.9 Å². The lowest BCUT2D eigenvalue weighted by molar-refractivity contribution is -0.127. The van der Waals surface area contributed by atoms with Gasteiger partial charge >= 0.3 is 0 Å². The van der Waals surface area contributed by atoms with Crippen molar-refractivity contribution < 1.29 is 9.18 Å². The molecule has 26 heavy (non-hydrogen) atoms. The number of amides is 1. The molecular formula is C19H24FN5O. The van der Waals surface area contributed by atoms with Crippen LogP contribution in [0, 0.1) is 12.7 Å². The van der Waals surface area contributed by atoms with Gasteiger partial charge in [-0.1, -0.05) is 12.1 Å². The lowest BCUT2D eigenvalue weighted by Gasteiger charge is -2.18. The van der Waals surface area contributed by atoms with Gasteiger partial charge in [0.2, 0.25) is 11.9 Å². The fourth-order valence-electron chi connectivity index (χ4n) is 3.04. The molecule has 2 heterocycles. The monoisotopic (exact) mass is 357 g/mol. The van der Waals surface area contributed by atoms with E-state index in [1.807, 2.05) is 36.9 Å². The van der Waals surface area contributed by atoms with Crippen molar-refractivity contribution >= 4 is 17.7 Å². The quantitative estimate of drug-likeness (QED) is 0.859. The summed E-state index contributed by atoms with van der Waals surface area (Å²) in [5.41, 5.74) is 1.90. The molecule has 7 heteroatoms. The topological polar surface area (TPSA) is 61.4 Å². The first-order chi connectivity index (χ1) is 12.4. The summed E-state index contributed by atoms with van der Waals surface area (Å²) in [6, 6.07) is 8.34. The van der Waals surface area contributed by atoms with Crippen LogP contribution in [0.5, 0.6) is 0 Å². The standard InChI is InChI=1S/C19H24FN5O/c1-13-10-17(23-19(21-13)24(2)3)22-16-11-18(26)25(12-16)9-8-14-4-6-15(20)7-5-14/h4-7,10,16H,8-9,11-12H2,1-3H3,(H,21,22,23)/t16-/m1/s1. The third kappa shape index (κ3) is 4.47. The molecule has 0 aliphatic carbocycles. The highest BCUT2D eigenvalue weighted by Gasteiger charge is 2.29. The third-order valence-corrected chi connectivity index (χ3v) is 4.39. The second kappa shape index (κ2) is 7.68. The zero-order valence-electron chi connectivity index (χ0n) is 15.4. The molecule has 0 radical (unpaired) electrons. The largest absolute Gasteiger partial charge is 0.365 e. The number of nitrogens with zero attached hydrogens (tertiary/aromatic N) is 4. The van der Waals surface area contributed by atoms with Crippen molar-refractivity contribution in [2.24, 2.45) is 0 Å². The summed E-state index contributed by atoms with van der Waals surface area (Å²) in [4.78, 5) is 24.8. The van der Waals surface area contributed by atoms with Crippen molar-refractivity contribution in [3.8, 4) is 0 Å². The first kappa shape index (κ1) is 18.1.